The lowest BCUT2D eigenvalue weighted by atomic mass is 10.0. The largest absolute Gasteiger partial charge is 0.465 e. The Labute approximate surface area is 183 Å². The minimum atomic E-state index is -0.549. The average Bonchev–Trinajstić information content (AvgIpc) is 3.07. The molecule has 6 nitrogen and oxygen atoms in total. The first-order chi connectivity index (χ1) is 14.5. The van der Waals surface area contributed by atoms with E-state index in [1.807, 2.05) is 42.2 Å². The van der Waals surface area contributed by atoms with E-state index < -0.39 is 6.10 Å². The van der Waals surface area contributed by atoms with Crippen molar-refractivity contribution in [3.8, 4) is 0 Å². The number of benzene rings is 1. The zero-order chi connectivity index (χ0) is 21.8. The van der Waals surface area contributed by atoms with Gasteiger partial charge >= 0.3 is 5.97 Å². The number of nitrogens with zero attached hydrogens (tertiary/aromatic N) is 1. The van der Waals surface area contributed by atoms with E-state index in [0.29, 0.717) is 26.0 Å². The molecule has 1 heterocycles. The van der Waals surface area contributed by atoms with E-state index in [0.717, 1.165) is 36.3 Å². The van der Waals surface area contributed by atoms with E-state index in [1.165, 1.54) is 5.56 Å². The summed E-state index contributed by atoms with van der Waals surface area (Å²) in [4.78, 5) is 25.1. The predicted molar refractivity (Wildman–Crippen MR) is 121 cm³/mol. The number of esters is 1. The van der Waals surface area contributed by atoms with Crippen molar-refractivity contribution in [2.45, 2.75) is 51.2 Å². The first-order valence-corrected chi connectivity index (χ1v) is 11.8. The first-order valence-electron chi connectivity index (χ1n) is 10.6. The maximum Gasteiger partial charge on any atom is 0.319 e. The Balaban J connectivity index is 1.67. The van der Waals surface area contributed by atoms with Crippen LogP contribution >= 0.6 is 11.8 Å². The molecule has 1 amide bonds. The number of likely N-dealkylation sites (tertiary alicyclic amines) is 1. The van der Waals surface area contributed by atoms with E-state index >= 15 is 0 Å². The van der Waals surface area contributed by atoms with Gasteiger partial charge in [0.25, 0.3) is 0 Å². The Bertz CT molecular complexity index is 710. The average molecular weight is 435 g/mol. The van der Waals surface area contributed by atoms with Crippen molar-refractivity contribution < 1.29 is 19.4 Å². The van der Waals surface area contributed by atoms with Crippen molar-refractivity contribution in [1.29, 1.82) is 0 Å². The number of carbonyl (C=O) groups excluding carboxylic acids is 2. The Morgan fingerprint density at radius 2 is 2.23 bits per heavy atom. The highest BCUT2D eigenvalue weighted by atomic mass is 32.2. The lowest BCUT2D eigenvalue weighted by Crippen LogP contribution is -2.34. The number of hydrogen-bond acceptors (Lipinski definition) is 6. The van der Waals surface area contributed by atoms with Crippen LogP contribution in [0.1, 0.15) is 36.8 Å². The van der Waals surface area contributed by atoms with Crippen LogP contribution in [-0.4, -0.2) is 65.2 Å². The molecule has 0 aromatic heterocycles. The van der Waals surface area contributed by atoms with E-state index in [1.54, 1.807) is 11.8 Å². The van der Waals surface area contributed by atoms with Crippen LogP contribution in [-0.2, 0) is 20.7 Å². The van der Waals surface area contributed by atoms with Crippen molar-refractivity contribution >= 4 is 23.6 Å². The summed E-state index contributed by atoms with van der Waals surface area (Å²) in [5, 5.41) is 10.3. The monoisotopic (exact) mass is 434 g/mol. The minimum Gasteiger partial charge on any atom is -0.465 e. The number of amides is 1. The van der Waals surface area contributed by atoms with Crippen LogP contribution in [0.4, 0.5) is 0 Å². The Morgan fingerprint density at radius 1 is 1.40 bits per heavy atom. The number of hydrogen-bond donors (Lipinski definition) is 2. The Morgan fingerprint density at radius 3 is 3.00 bits per heavy atom. The molecule has 0 aliphatic carbocycles. The number of aliphatic hydroxyl groups excluding tert-OH is 1. The highest BCUT2D eigenvalue weighted by molar-refractivity contribution is 7.99. The van der Waals surface area contributed by atoms with Gasteiger partial charge in [-0.3, -0.25) is 9.59 Å². The maximum absolute atomic E-state index is 12.2. The number of ether oxygens (including phenoxy) is 1. The highest BCUT2D eigenvalue weighted by Crippen LogP contribution is 2.21. The van der Waals surface area contributed by atoms with Gasteiger partial charge in [0.05, 0.1) is 25.3 Å². The van der Waals surface area contributed by atoms with E-state index in [2.05, 4.69) is 6.07 Å². The van der Waals surface area contributed by atoms with Crippen LogP contribution in [0.5, 0.6) is 0 Å². The van der Waals surface area contributed by atoms with Gasteiger partial charge in [0, 0.05) is 25.1 Å². The van der Waals surface area contributed by atoms with Gasteiger partial charge in [-0.15, -0.1) is 0 Å². The molecule has 0 spiro atoms. The molecular weight excluding hydrogens is 400 g/mol. The second-order valence-electron chi connectivity index (χ2n) is 7.58. The van der Waals surface area contributed by atoms with Crippen LogP contribution in [0.25, 0.3) is 0 Å². The van der Waals surface area contributed by atoms with Gasteiger partial charge in [-0.2, -0.15) is 11.8 Å². The second kappa shape index (κ2) is 13.5. The standard InChI is InChI=1S/C23H34N2O4S/c1-18-5-4-6-19(15-18)16-21(26)9-7-20-8-10-22(27)25(20)11-14-30-13-3-2-12-29-23(28)17-24/h4-7,9,15,20-21,26H,2-3,8,10-14,16-17,24H2,1H3/t20-,21+/m0/s1. The van der Waals surface area contributed by atoms with Gasteiger partial charge in [-0.1, -0.05) is 42.0 Å². The molecule has 1 aliphatic heterocycles. The molecule has 1 aromatic rings. The zero-order valence-electron chi connectivity index (χ0n) is 17.8. The molecule has 1 aliphatic rings. The van der Waals surface area contributed by atoms with Gasteiger partial charge in [0.2, 0.25) is 5.91 Å². The smallest absolute Gasteiger partial charge is 0.319 e. The van der Waals surface area contributed by atoms with Gasteiger partial charge in [-0.25, -0.2) is 0 Å². The Kier molecular flexibility index (Phi) is 11.0. The molecule has 0 radical (unpaired) electrons. The molecule has 30 heavy (non-hydrogen) atoms. The van der Waals surface area contributed by atoms with Crippen LogP contribution in [0, 0.1) is 6.92 Å². The fraction of sp³-hybridized carbons (Fsp3) is 0.565. The first kappa shape index (κ1) is 24.4. The van der Waals surface area contributed by atoms with Crippen molar-refractivity contribution in [3.63, 3.8) is 0 Å². The third-order valence-electron chi connectivity index (χ3n) is 5.05. The van der Waals surface area contributed by atoms with Crippen molar-refractivity contribution in [1.82, 2.24) is 4.90 Å². The molecule has 7 heteroatoms. The molecule has 2 rings (SSSR count). The number of rotatable bonds is 13. The van der Waals surface area contributed by atoms with Crippen molar-refractivity contribution in [2.24, 2.45) is 5.73 Å². The second-order valence-corrected chi connectivity index (χ2v) is 8.81. The third kappa shape index (κ3) is 8.90. The van der Waals surface area contributed by atoms with E-state index in [9.17, 15) is 14.7 Å². The van der Waals surface area contributed by atoms with Crippen LogP contribution < -0.4 is 5.73 Å². The van der Waals surface area contributed by atoms with Crippen molar-refractivity contribution in [2.75, 3.05) is 31.2 Å². The lowest BCUT2D eigenvalue weighted by molar-refractivity contribution is -0.142. The summed E-state index contributed by atoms with van der Waals surface area (Å²) < 4.78 is 4.94. The molecule has 1 fully saturated rings. The number of carbonyl (C=O) groups is 2. The topological polar surface area (TPSA) is 92.9 Å². The highest BCUT2D eigenvalue weighted by Gasteiger charge is 2.28. The third-order valence-corrected chi connectivity index (χ3v) is 6.10. The molecular formula is C23H34N2O4S. The number of nitrogens with two attached hydrogens (primary N) is 1. The summed E-state index contributed by atoms with van der Waals surface area (Å²) >= 11 is 1.80. The lowest BCUT2D eigenvalue weighted by Gasteiger charge is -2.22. The number of aliphatic hydroxyl groups is 1. The van der Waals surface area contributed by atoms with E-state index in [-0.39, 0.29) is 24.5 Å². The molecule has 0 unspecified atom stereocenters. The normalized spacial score (nSPS) is 17.6. The van der Waals surface area contributed by atoms with Gasteiger partial charge in [-0.05, 0) is 37.5 Å². The minimum absolute atomic E-state index is 0.0703. The summed E-state index contributed by atoms with van der Waals surface area (Å²) in [7, 11) is 0. The number of aryl methyl sites for hydroxylation is 1. The summed E-state index contributed by atoms with van der Waals surface area (Å²) in [5.74, 6) is 1.67. The molecule has 2 atom stereocenters. The van der Waals surface area contributed by atoms with Gasteiger partial charge in [0.15, 0.2) is 0 Å². The number of thioether (sulfide) groups is 1. The van der Waals surface area contributed by atoms with Crippen LogP contribution in [0.2, 0.25) is 0 Å². The summed E-state index contributed by atoms with van der Waals surface area (Å²) in [6.45, 7) is 3.10. The molecule has 166 valence electrons. The van der Waals surface area contributed by atoms with Crippen LogP contribution in [0.15, 0.2) is 36.4 Å². The summed E-state index contributed by atoms with van der Waals surface area (Å²) in [6.07, 6.45) is 7.01. The fourth-order valence-corrected chi connectivity index (χ4v) is 4.41. The zero-order valence-corrected chi connectivity index (χ0v) is 18.6. The summed E-state index contributed by atoms with van der Waals surface area (Å²) in [6, 6.07) is 8.23. The van der Waals surface area contributed by atoms with Gasteiger partial charge in [0.1, 0.15) is 0 Å². The van der Waals surface area contributed by atoms with Crippen molar-refractivity contribution in [3.05, 3.63) is 47.5 Å². The molecule has 0 bridgehead atoms. The molecule has 0 saturated carbocycles. The fourth-order valence-electron chi connectivity index (χ4n) is 3.47. The van der Waals surface area contributed by atoms with E-state index in [4.69, 9.17) is 10.5 Å². The van der Waals surface area contributed by atoms with Crippen LogP contribution in [0.3, 0.4) is 0 Å². The SMILES string of the molecule is Cc1cccc(C[C@H](O)C=C[C@H]2CCC(=O)N2CCSCCCCOC(=O)CN)c1. The molecule has 1 aromatic carbocycles. The maximum atomic E-state index is 12.2. The molecule has 3 N–H and O–H groups in total. The molecule has 1 saturated heterocycles. The number of unbranched alkanes of at least 4 members (excludes halogenated alkanes) is 1. The predicted octanol–water partition coefficient (Wildman–Crippen LogP) is 2.46. The Hall–Kier alpha value is -1.83. The quantitative estimate of drug-likeness (QED) is 0.281. The summed E-state index contributed by atoms with van der Waals surface area (Å²) in [5.41, 5.74) is 7.48. The van der Waals surface area contributed by atoms with Gasteiger partial charge < -0.3 is 20.5 Å².